The van der Waals surface area contributed by atoms with Gasteiger partial charge < -0.3 is 14.5 Å². The van der Waals surface area contributed by atoms with Crippen LogP contribution in [-0.2, 0) is 25.6 Å². The first-order valence-corrected chi connectivity index (χ1v) is 11.0. The second-order valence-electron chi connectivity index (χ2n) is 8.65. The molecule has 6 heteroatoms. The second-order valence-corrected chi connectivity index (χ2v) is 8.65. The summed E-state index contributed by atoms with van der Waals surface area (Å²) in [6, 6.07) is 23.9. The molecule has 0 aliphatic rings. The van der Waals surface area contributed by atoms with E-state index in [4.69, 9.17) is 9.15 Å². The van der Waals surface area contributed by atoms with E-state index in [1.54, 1.807) is 16.8 Å². The lowest BCUT2D eigenvalue weighted by molar-refractivity contribution is 0.0918. The number of carbonyl (C=O) groups excluding carboxylic acids is 1. The number of nitrogens with zero attached hydrogens (tertiary/aromatic N) is 2. The number of amides is 1. The van der Waals surface area contributed by atoms with E-state index in [0.717, 1.165) is 17.1 Å². The summed E-state index contributed by atoms with van der Waals surface area (Å²) >= 11 is 0. The summed E-state index contributed by atoms with van der Waals surface area (Å²) in [7, 11) is 1.87. The zero-order valence-corrected chi connectivity index (χ0v) is 19.5. The molecule has 0 saturated heterocycles. The Morgan fingerprint density at radius 1 is 1.03 bits per heavy atom. The molecule has 4 aromatic rings. The van der Waals surface area contributed by atoms with Crippen molar-refractivity contribution >= 4 is 5.91 Å². The normalized spacial score (nSPS) is 11.4. The minimum atomic E-state index is -0.281. The summed E-state index contributed by atoms with van der Waals surface area (Å²) in [5.41, 5.74) is 4.21. The molecule has 2 aromatic heterocycles. The largest absolute Gasteiger partial charge is 0.486 e. The maximum absolute atomic E-state index is 12.4. The van der Waals surface area contributed by atoms with Crippen molar-refractivity contribution in [2.24, 2.45) is 7.05 Å². The van der Waals surface area contributed by atoms with Crippen LogP contribution in [0.3, 0.4) is 0 Å². The summed E-state index contributed by atoms with van der Waals surface area (Å²) in [5, 5.41) is 7.16. The lowest BCUT2D eigenvalue weighted by atomic mass is 9.78. The molecule has 170 valence electrons. The first-order valence-electron chi connectivity index (χ1n) is 11.0. The number of furan rings is 1. The van der Waals surface area contributed by atoms with Crippen LogP contribution in [0.2, 0.25) is 0 Å². The Hall–Kier alpha value is -3.80. The highest BCUT2D eigenvalue weighted by atomic mass is 16.5. The first-order chi connectivity index (χ1) is 15.8. The molecule has 2 heterocycles. The minimum absolute atomic E-state index is 0.100. The minimum Gasteiger partial charge on any atom is -0.486 e. The molecule has 0 unspecified atom stereocenters. The van der Waals surface area contributed by atoms with Gasteiger partial charge in [0.1, 0.15) is 18.1 Å². The van der Waals surface area contributed by atoms with Crippen LogP contribution in [0.15, 0.2) is 77.2 Å². The zero-order chi connectivity index (χ0) is 23.4. The predicted octanol–water partition coefficient (Wildman–Crippen LogP) is 5.16. The summed E-state index contributed by atoms with van der Waals surface area (Å²) in [6.07, 6.45) is 0. The van der Waals surface area contributed by atoms with Crippen LogP contribution in [0.5, 0.6) is 5.75 Å². The van der Waals surface area contributed by atoms with E-state index in [-0.39, 0.29) is 23.7 Å². The van der Waals surface area contributed by atoms with Crippen molar-refractivity contribution in [1.82, 2.24) is 15.1 Å². The van der Waals surface area contributed by atoms with E-state index in [1.807, 2.05) is 38.2 Å². The molecule has 0 radical (unpaired) electrons. The van der Waals surface area contributed by atoms with Crippen LogP contribution in [0.1, 0.15) is 52.7 Å². The Labute approximate surface area is 194 Å². The number of rotatable bonds is 8. The predicted molar refractivity (Wildman–Crippen MR) is 127 cm³/mol. The number of hydrogen-bond acceptors (Lipinski definition) is 4. The number of ether oxygens (including phenoxy) is 1. The molecule has 0 aliphatic carbocycles. The summed E-state index contributed by atoms with van der Waals surface area (Å²) in [4.78, 5) is 12.4. The number of aromatic nitrogens is 2. The van der Waals surface area contributed by atoms with Gasteiger partial charge in [0.15, 0.2) is 5.76 Å². The highest BCUT2D eigenvalue weighted by molar-refractivity contribution is 5.91. The number of benzene rings is 2. The molecule has 2 aromatic carbocycles. The van der Waals surface area contributed by atoms with Crippen LogP contribution >= 0.6 is 0 Å². The number of aryl methyl sites for hydroxylation is 2. The monoisotopic (exact) mass is 443 g/mol. The van der Waals surface area contributed by atoms with E-state index >= 15 is 0 Å². The van der Waals surface area contributed by atoms with Gasteiger partial charge in [0.05, 0.1) is 12.2 Å². The van der Waals surface area contributed by atoms with Gasteiger partial charge in [-0.1, -0.05) is 56.3 Å². The quantitative estimate of drug-likeness (QED) is 0.409. The molecule has 1 N–H and O–H groups in total. The third kappa shape index (κ3) is 5.17. The third-order valence-corrected chi connectivity index (χ3v) is 5.93. The maximum Gasteiger partial charge on any atom is 0.287 e. The Morgan fingerprint density at radius 2 is 1.73 bits per heavy atom. The first kappa shape index (κ1) is 22.4. The van der Waals surface area contributed by atoms with E-state index < -0.39 is 0 Å². The fraction of sp³-hybridized carbons (Fsp3) is 0.259. The van der Waals surface area contributed by atoms with Gasteiger partial charge in [-0.25, -0.2) is 0 Å². The third-order valence-electron chi connectivity index (χ3n) is 5.93. The molecule has 0 aliphatic heterocycles. The van der Waals surface area contributed by atoms with Crippen LogP contribution in [0, 0.1) is 6.92 Å². The number of hydrogen-bond donors (Lipinski definition) is 1. The molecule has 0 fully saturated rings. The fourth-order valence-corrected chi connectivity index (χ4v) is 3.70. The van der Waals surface area contributed by atoms with Gasteiger partial charge in [-0.15, -0.1) is 0 Å². The molecule has 0 saturated carbocycles. The van der Waals surface area contributed by atoms with Crippen molar-refractivity contribution in [2.45, 2.75) is 39.3 Å². The lowest BCUT2D eigenvalue weighted by Gasteiger charge is -2.26. The van der Waals surface area contributed by atoms with Gasteiger partial charge in [-0.05, 0) is 48.4 Å². The molecule has 6 nitrogen and oxygen atoms in total. The lowest BCUT2D eigenvalue weighted by Crippen LogP contribution is -2.22. The highest BCUT2D eigenvalue weighted by Gasteiger charge is 2.22. The molecule has 33 heavy (non-hydrogen) atoms. The number of carbonyl (C=O) groups is 1. The van der Waals surface area contributed by atoms with E-state index in [9.17, 15) is 4.79 Å². The van der Waals surface area contributed by atoms with Crippen molar-refractivity contribution < 1.29 is 13.9 Å². The van der Waals surface area contributed by atoms with Gasteiger partial charge in [0.25, 0.3) is 5.91 Å². The summed E-state index contributed by atoms with van der Waals surface area (Å²) in [5.74, 6) is 1.30. The second kappa shape index (κ2) is 9.36. The van der Waals surface area contributed by atoms with Gasteiger partial charge >= 0.3 is 0 Å². The average Bonchev–Trinajstić information content (AvgIpc) is 3.43. The Balaban J connectivity index is 1.32. The maximum atomic E-state index is 12.4. The molecular weight excluding hydrogens is 414 g/mol. The summed E-state index contributed by atoms with van der Waals surface area (Å²) in [6.45, 7) is 6.98. The van der Waals surface area contributed by atoms with Gasteiger partial charge in [0, 0.05) is 18.2 Å². The Morgan fingerprint density at radius 3 is 2.39 bits per heavy atom. The van der Waals surface area contributed by atoms with Crippen molar-refractivity contribution in [2.75, 3.05) is 0 Å². The van der Waals surface area contributed by atoms with Crippen molar-refractivity contribution in [1.29, 1.82) is 0 Å². The molecule has 4 rings (SSSR count). The van der Waals surface area contributed by atoms with E-state index in [2.05, 4.69) is 60.7 Å². The van der Waals surface area contributed by atoms with Crippen LogP contribution in [0.25, 0.3) is 0 Å². The Kier molecular flexibility index (Phi) is 6.36. The smallest absolute Gasteiger partial charge is 0.287 e. The molecular formula is C27H29N3O3. The highest BCUT2D eigenvalue weighted by Crippen LogP contribution is 2.32. The molecule has 0 atom stereocenters. The van der Waals surface area contributed by atoms with Gasteiger partial charge in [-0.2, -0.15) is 5.10 Å². The molecule has 0 bridgehead atoms. The van der Waals surface area contributed by atoms with E-state index in [0.29, 0.717) is 12.3 Å². The number of nitrogens with one attached hydrogen (secondary N) is 1. The Bertz CT molecular complexity index is 1200. The zero-order valence-electron chi connectivity index (χ0n) is 19.5. The summed E-state index contributed by atoms with van der Waals surface area (Å²) < 4.78 is 13.3. The van der Waals surface area contributed by atoms with Crippen LogP contribution in [-0.4, -0.2) is 15.7 Å². The average molecular weight is 444 g/mol. The van der Waals surface area contributed by atoms with Crippen LogP contribution < -0.4 is 10.1 Å². The van der Waals surface area contributed by atoms with Gasteiger partial charge in [-0.3, -0.25) is 9.48 Å². The topological polar surface area (TPSA) is 69.3 Å². The molecule has 1 amide bonds. The van der Waals surface area contributed by atoms with Crippen molar-refractivity contribution in [3.05, 3.63) is 107 Å². The van der Waals surface area contributed by atoms with Crippen molar-refractivity contribution in [3.63, 3.8) is 0 Å². The van der Waals surface area contributed by atoms with Crippen molar-refractivity contribution in [3.8, 4) is 5.75 Å². The van der Waals surface area contributed by atoms with E-state index in [1.165, 1.54) is 11.1 Å². The van der Waals surface area contributed by atoms with Crippen LogP contribution in [0.4, 0.5) is 0 Å². The standard InChI is InChI=1S/C27H29N3O3/c1-19-16-22(29-30(19)4)17-28-26(31)25-15-14-24(33-25)18-32-23-12-10-21(11-13-23)27(2,3)20-8-6-5-7-9-20/h5-16H,17-18H2,1-4H3,(H,28,31). The SMILES string of the molecule is Cc1cc(CNC(=O)c2ccc(COc3ccc(C(C)(C)c4ccccc4)cc3)o2)nn1C. The van der Waals surface area contributed by atoms with Gasteiger partial charge in [0.2, 0.25) is 0 Å². The fourth-order valence-electron chi connectivity index (χ4n) is 3.70. The molecule has 0 spiro atoms.